The van der Waals surface area contributed by atoms with E-state index < -0.39 is 15.8 Å². The molecule has 0 aliphatic heterocycles. The number of aryl methyl sites for hydroxylation is 1. The summed E-state index contributed by atoms with van der Waals surface area (Å²) >= 11 is 1.03. The van der Waals surface area contributed by atoms with Crippen molar-refractivity contribution in [3.8, 4) is 11.4 Å². The smallest absolute Gasteiger partial charge is 0.273 e. The first kappa shape index (κ1) is 14.6. The van der Waals surface area contributed by atoms with Gasteiger partial charge >= 0.3 is 0 Å². The Labute approximate surface area is 129 Å². The molecule has 7 nitrogen and oxygen atoms in total. The SMILES string of the molecule is Cc1ncc(S(=O)(=O)Nc2cccc(F)c2-c2ncn[nH]2)s1. The van der Waals surface area contributed by atoms with Gasteiger partial charge in [-0.3, -0.25) is 9.82 Å². The van der Waals surface area contributed by atoms with Gasteiger partial charge in [-0.2, -0.15) is 5.10 Å². The van der Waals surface area contributed by atoms with Crippen LogP contribution in [0.15, 0.2) is 34.9 Å². The molecule has 0 spiro atoms. The van der Waals surface area contributed by atoms with Gasteiger partial charge in [0.25, 0.3) is 10.0 Å². The van der Waals surface area contributed by atoms with Crippen molar-refractivity contribution < 1.29 is 12.8 Å². The van der Waals surface area contributed by atoms with Gasteiger partial charge < -0.3 is 0 Å². The molecule has 0 aliphatic carbocycles. The van der Waals surface area contributed by atoms with Crippen molar-refractivity contribution >= 4 is 27.0 Å². The number of aromatic amines is 1. The molecule has 0 fully saturated rings. The second-order valence-corrected chi connectivity index (χ2v) is 7.44. The lowest BCUT2D eigenvalue weighted by Crippen LogP contribution is -2.13. The van der Waals surface area contributed by atoms with Gasteiger partial charge in [-0.05, 0) is 19.1 Å². The maximum atomic E-state index is 14.1. The molecule has 2 aromatic heterocycles. The molecule has 2 heterocycles. The fraction of sp³-hybridized carbons (Fsp3) is 0.0833. The summed E-state index contributed by atoms with van der Waals surface area (Å²) < 4.78 is 41.2. The Hall–Kier alpha value is -2.33. The fourth-order valence-corrected chi connectivity index (χ4v) is 4.02. The third-order valence-corrected chi connectivity index (χ3v) is 5.51. The molecule has 0 radical (unpaired) electrons. The fourth-order valence-electron chi connectivity index (χ4n) is 1.84. The van der Waals surface area contributed by atoms with Gasteiger partial charge in [0.1, 0.15) is 12.1 Å². The van der Waals surface area contributed by atoms with Crippen LogP contribution in [-0.2, 0) is 10.0 Å². The van der Waals surface area contributed by atoms with E-state index in [4.69, 9.17) is 0 Å². The molecule has 22 heavy (non-hydrogen) atoms. The summed E-state index contributed by atoms with van der Waals surface area (Å²) in [5.41, 5.74) is 0.0765. The number of halogens is 1. The van der Waals surface area contributed by atoms with E-state index in [2.05, 4.69) is 24.9 Å². The van der Waals surface area contributed by atoms with Gasteiger partial charge in [-0.25, -0.2) is 22.8 Å². The van der Waals surface area contributed by atoms with E-state index in [0.29, 0.717) is 5.01 Å². The highest BCUT2D eigenvalue weighted by molar-refractivity contribution is 7.94. The molecule has 3 rings (SSSR count). The van der Waals surface area contributed by atoms with Gasteiger partial charge in [0.2, 0.25) is 0 Å². The number of benzene rings is 1. The largest absolute Gasteiger partial charge is 0.278 e. The summed E-state index contributed by atoms with van der Waals surface area (Å²) in [6, 6.07) is 4.07. The number of thiazole rings is 1. The molecule has 0 saturated carbocycles. The highest BCUT2D eigenvalue weighted by atomic mass is 32.2. The van der Waals surface area contributed by atoms with Crippen molar-refractivity contribution in [2.45, 2.75) is 11.1 Å². The van der Waals surface area contributed by atoms with E-state index >= 15 is 0 Å². The molecule has 0 bridgehead atoms. The van der Waals surface area contributed by atoms with Crippen LogP contribution in [0.2, 0.25) is 0 Å². The molecule has 0 atom stereocenters. The number of aromatic nitrogens is 4. The minimum Gasteiger partial charge on any atom is -0.278 e. The van der Waals surface area contributed by atoms with E-state index in [0.717, 1.165) is 11.3 Å². The summed E-state index contributed by atoms with van der Waals surface area (Å²) in [7, 11) is -3.85. The van der Waals surface area contributed by atoms with Crippen LogP contribution in [0.25, 0.3) is 11.4 Å². The molecule has 0 unspecified atom stereocenters. The van der Waals surface area contributed by atoms with Gasteiger partial charge in [-0.1, -0.05) is 6.07 Å². The van der Waals surface area contributed by atoms with Gasteiger partial charge in [0.15, 0.2) is 10.0 Å². The molecule has 10 heteroatoms. The summed E-state index contributed by atoms with van der Waals surface area (Å²) in [6.07, 6.45) is 2.47. The van der Waals surface area contributed by atoms with E-state index in [1.165, 1.54) is 30.7 Å². The third-order valence-electron chi connectivity index (χ3n) is 2.77. The minimum absolute atomic E-state index is 0.00446. The molecule has 2 N–H and O–H groups in total. The van der Waals surface area contributed by atoms with Crippen LogP contribution in [0.3, 0.4) is 0 Å². The van der Waals surface area contributed by atoms with Crippen LogP contribution in [-0.4, -0.2) is 28.6 Å². The number of sulfonamides is 1. The maximum absolute atomic E-state index is 14.1. The Morgan fingerprint density at radius 2 is 2.14 bits per heavy atom. The van der Waals surface area contributed by atoms with E-state index in [-0.39, 0.29) is 21.3 Å². The summed E-state index contributed by atoms with van der Waals surface area (Å²) in [5, 5.41) is 6.79. The average molecular weight is 339 g/mol. The monoisotopic (exact) mass is 339 g/mol. The number of nitrogens with zero attached hydrogens (tertiary/aromatic N) is 3. The van der Waals surface area contributed by atoms with Crippen LogP contribution < -0.4 is 4.72 Å². The summed E-state index contributed by atoms with van der Waals surface area (Å²) in [5.74, 6) is -0.478. The Balaban J connectivity index is 2.05. The number of hydrogen-bond donors (Lipinski definition) is 2. The Kier molecular flexibility index (Phi) is 3.62. The molecule has 3 aromatic rings. The van der Waals surface area contributed by atoms with Crippen molar-refractivity contribution in [2.24, 2.45) is 0 Å². The van der Waals surface area contributed by atoms with Gasteiger partial charge in [-0.15, -0.1) is 11.3 Å². The van der Waals surface area contributed by atoms with Crippen LogP contribution >= 0.6 is 11.3 Å². The van der Waals surface area contributed by atoms with Gasteiger partial charge in [0, 0.05) is 0 Å². The molecule has 114 valence electrons. The van der Waals surface area contributed by atoms with Crippen molar-refractivity contribution in [1.82, 2.24) is 20.2 Å². The second kappa shape index (κ2) is 5.46. The predicted molar refractivity (Wildman–Crippen MR) is 79.4 cm³/mol. The first-order valence-corrected chi connectivity index (χ1v) is 8.37. The number of H-pyrrole nitrogens is 1. The lowest BCUT2D eigenvalue weighted by Gasteiger charge is -2.10. The molecular formula is C12H10FN5O2S2. The highest BCUT2D eigenvalue weighted by Crippen LogP contribution is 2.30. The van der Waals surface area contributed by atoms with Gasteiger partial charge in [0.05, 0.1) is 22.5 Å². The maximum Gasteiger partial charge on any atom is 0.273 e. The molecule has 0 aliphatic rings. The van der Waals surface area contributed by atoms with Crippen LogP contribution in [0.5, 0.6) is 0 Å². The third kappa shape index (κ3) is 2.70. The normalized spacial score (nSPS) is 11.5. The lowest BCUT2D eigenvalue weighted by molar-refractivity contribution is 0.603. The quantitative estimate of drug-likeness (QED) is 0.759. The minimum atomic E-state index is -3.85. The van der Waals surface area contributed by atoms with Crippen LogP contribution in [0, 0.1) is 12.7 Å². The van der Waals surface area contributed by atoms with Crippen LogP contribution in [0.1, 0.15) is 5.01 Å². The second-order valence-electron chi connectivity index (χ2n) is 4.30. The summed E-state index contributed by atoms with van der Waals surface area (Å²) in [4.78, 5) is 7.77. The van der Waals surface area contributed by atoms with Crippen molar-refractivity contribution in [2.75, 3.05) is 4.72 Å². The topological polar surface area (TPSA) is 101 Å². The zero-order valence-electron chi connectivity index (χ0n) is 11.2. The number of rotatable bonds is 4. The molecule has 0 saturated heterocycles. The molecule has 0 amide bonds. The zero-order valence-corrected chi connectivity index (χ0v) is 12.9. The number of hydrogen-bond acceptors (Lipinski definition) is 6. The molecule has 1 aromatic carbocycles. The van der Waals surface area contributed by atoms with E-state index in [9.17, 15) is 12.8 Å². The number of nitrogens with one attached hydrogen (secondary N) is 2. The molecular weight excluding hydrogens is 329 g/mol. The van der Waals surface area contributed by atoms with E-state index in [1.807, 2.05) is 0 Å². The Morgan fingerprint density at radius 1 is 1.32 bits per heavy atom. The van der Waals surface area contributed by atoms with Crippen molar-refractivity contribution in [3.05, 3.63) is 41.5 Å². The van der Waals surface area contributed by atoms with Crippen molar-refractivity contribution in [3.63, 3.8) is 0 Å². The zero-order chi connectivity index (χ0) is 15.7. The predicted octanol–water partition coefficient (Wildman–Crippen LogP) is 2.18. The highest BCUT2D eigenvalue weighted by Gasteiger charge is 2.21. The first-order chi connectivity index (χ1) is 10.5. The van der Waals surface area contributed by atoms with E-state index in [1.54, 1.807) is 6.92 Å². The Morgan fingerprint density at radius 3 is 2.77 bits per heavy atom. The lowest BCUT2D eigenvalue weighted by atomic mass is 10.1. The van der Waals surface area contributed by atoms with Crippen molar-refractivity contribution in [1.29, 1.82) is 0 Å². The standard InChI is InChI=1S/C12H10FN5O2S2/c1-7-14-5-10(21-7)22(19,20)18-9-4-2-3-8(13)11(9)12-15-6-16-17-12/h2-6,18H,1H3,(H,15,16,17). The first-order valence-electron chi connectivity index (χ1n) is 6.07. The number of anilines is 1. The Bertz CT molecular complexity index is 906. The average Bonchev–Trinajstić information content (AvgIpc) is 3.10. The summed E-state index contributed by atoms with van der Waals surface area (Å²) in [6.45, 7) is 1.70. The van der Waals surface area contributed by atoms with Crippen LogP contribution in [0.4, 0.5) is 10.1 Å².